The summed E-state index contributed by atoms with van der Waals surface area (Å²) < 4.78 is 0. The number of nitrogens with zero attached hydrogens (tertiary/aromatic N) is 1. The Bertz CT molecular complexity index is 783. The molecule has 26 heavy (non-hydrogen) atoms. The molecule has 0 aromatic heterocycles. The number of Topliss-reactive ketones (excluding diaryl/α,β-unsaturated/α-hetero) is 1. The highest BCUT2D eigenvalue weighted by molar-refractivity contribution is 5.84. The molecule has 0 saturated carbocycles. The van der Waals surface area contributed by atoms with Crippen molar-refractivity contribution >= 4 is 5.78 Å². The highest BCUT2D eigenvalue weighted by Crippen LogP contribution is 2.24. The maximum absolute atomic E-state index is 12.4. The molecule has 2 aromatic rings. The van der Waals surface area contributed by atoms with Crippen LogP contribution >= 0.6 is 0 Å². The van der Waals surface area contributed by atoms with Crippen molar-refractivity contribution in [1.29, 1.82) is 5.26 Å². The molecule has 3 rings (SSSR count). The Hall–Kier alpha value is -2.44. The van der Waals surface area contributed by atoms with E-state index in [0.29, 0.717) is 12.8 Å². The summed E-state index contributed by atoms with van der Waals surface area (Å²) in [5.74, 6) is -0.0664. The summed E-state index contributed by atoms with van der Waals surface area (Å²) in [6.45, 7) is 3.02. The van der Waals surface area contributed by atoms with Gasteiger partial charge in [-0.05, 0) is 55.0 Å². The molecule has 3 heteroatoms. The summed E-state index contributed by atoms with van der Waals surface area (Å²) in [5, 5.41) is 12.8. The van der Waals surface area contributed by atoms with Crippen LogP contribution in [0.25, 0.3) is 11.1 Å². The number of hydrogen-bond acceptors (Lipinski definition) is 3. The SMILES string of the molecule is Cc1ccccc1-c1ccc(C[C@@H](C#N)CC(=O)[C@@H]2CCCCN2)cc1. The monoisotopic (exact) mass is 346 g/mol. The predicted molar refractivity (Wildman–Crippen MR) is 105 cm³/mol. The number of carbonyl (C=O) groups is 1. The lowest BCUT2D eigenvalue weighted by Crippen LogP contribution is -2.41. The molecule has 3 nitrogen and oxygen atoms in total. The highest BCUT2D eigenvalue weighted by Gasteiger charge is 2.23. The van der Waals surface area contributed by atoms with Crippen molar-refractivity contribution in [2.75, 3.05) is 6.54 Å². The van der Waals surface area contributed by atoms with E-state index in [0.717, 1.165) is 31.4 Å². The maximum Gasteiger partial charge on any atom is 0.151 e. The van der Waals surface area contributed by atoms with Crippen LogP contribution in [0, 0.1) is 24.2 Å². The fourth-order valence-electron chi connectivity index (χ4n) is 3.68. The summed E-state index contributed by atoms with van der Waals surface area (Å²) in [6, 6.07) is 19.0. The number of hydrogen-bond donors (Lipinski definition) is 1. The zero-order valence-corrected chi connectivity index (χ0v) is 15.4. The topological polar surface area (TPSA) is 52.9 Å². The third-order valence-electron chi connectivity index (χ3n) is 5.22. The van der Waals surface area contributed by atoms with Crippen LogP contribution in [0.3, 0.4) is 0 Å². The fraction of sp³-hybridized carbons (Fsp3) is 0.391. The Morgan fingerprint density at radius 1 is 1.19 bits per heavy atom. The van der Waals surface area contributed by atoms with E-state index in [2.05, 4.69) is 54.7 Å². The van der Waals surface area contributed by atoms with Gasteiger partial charge in [0.15, 0.2) is 5.78 Å². The van der Waals surface area contributed by atoms with Gasteiger partial charge in [0.05, 0.1) is 18.0 Å². The quantitative estimate of drug-likeness (QED) is 0.841. The third-order valence-corrected chi connectivity index (χ3v) is 5.22. The Balaban J connectivity index is 1.62. The van der Waals surface area contributed by atoms with E-state index < -0.39 is 0 Å². The molecule has 1 fully saturated rings. The zero-order valence-electron chi connectivity index (χ0n) is 15.4. The average Bonchev–Trinajstić information content (AvgIpc) is 2.69. The smallest absolute Gasteiger partial charge is 0.151 e. The van der Waals surface area contributed by atoms with Crippen molar-refractivity contribution in [1.82, 2.24) is 5.32 Å². The van der Waals surface area contributed by atoms with Crippen molar-refractivity contribution in [3.63, 3.8) is 0 Å². The number of piperidine rings is 1. The second kappa shape index (κ2) is 8.78. The zero-order chi connectivity index (χ0) is 18.4. The number of nitrogens with one attached hydrogen (secondary N) is 1. The summed E-state index contributed by atoms with van der Waals surface area (Å²) in [7, 11) is 0. The molecule has 1 saturated heterocycles. The third kappa shape index (κ3) is 4.59. The van der Waals surface area contributed by atoms with E-state index in [9.17, 15) is 10.1 Å². The van der Waals surface area contributed by atoms with E-state index in [4.69, 9.17) is 0 Å². The summed E-state index contributed by atoms with van der Waals surface area (Å²) in [4.78, 5) is 12.4. The van der Waals surface area contributed by atoms with E-state index >= 15 is 0 Å². The lowest BCUT2D eigenvalue weighted by Gasteiger charge is -2.23. The first kappa shape index (κ1) is 18.4. The molecule has 1 heterocycles. The standard InChI is InChI=1S/C23H26N2O/c1-17-6-2-3-7-21(17)20-11-9-18(10-12-20)14-19(16-24)15-23(26)22-8-4-5-13-25-22/h2-3,6-7,9-12,19,22,25H,4-5,8,13-15H2,1H3/t19-,22+/m1/s1. The molecule has 2 atom stereocenters. The van der Waals surface area contributed by atoms with Crippen LogP contribution in [0.1, 0.15) is 36.8 Å². The van der Waals surface area contributed by atoms with Gasteiger partial charge in [0.1, 0.15) is 0 Å². The first-order chi connectivity index (χ1) is 12.7. The van der Waals surface area contributed by atoms with E-state index in [1.807, 2.05) is 12.1 Å². The maximum atomic E-state index is 12.4. The highest BCUT2D eigenvalue weighted by atomic mass is 16.1. The molecule has 0 radical (unpaired) electrons. The Morgan fingerprint density at radius 3 is 2.62 bits per heavy atom. The van der Waals surface area contributed by atoms with Gasteiger partial charge in [0.2, 0.25) is 0 Å². The van der Waals surface area contributed by atoms with E-state index in [1.54, 1.807) is 0 Å². The number of ketones is 1. The lowest BCUT2D eigenvalue weighted by atomic mass is 9.90. The van der Waals surface area contributed by atoms with Crippen molar-refractivity contribution in [2.24, 2.45) is 5.92 Å². The largest absolute Gasteiger partial charge is 0.307 e. The van der Waals surface area contributed by atoms with Crippen LogP contribution in [0.15, 0.2) is 48.5 Å². The number of rotatable bonds is 6. The van der Waals surface area contributed by atoms with Gasteiger partial charge >= 0.3 is 0 Å². The fourth-order valence-corrected chi connectivity index (χ4v) is 3.68. The molecule has 1 aliphatic heterocycles. The van der Waals surface area contributed by atoms with Gasteiger partial charge in [-0.15, -0.1) is 0 Å². The Morgan fingerprint density at radius 2 is 1.96 bits per heavy atom. The molecule has 0 aliphatic carbocycles. The van der Waals surface area contributed by atoms with Crippen LogP contribution in [0.4, 0.5) is 0 Å². The molecule has 134 valence electrons. The summed E-state index contributed by atoms with van der Waals surface area (Å²) >= 11 is 0. The van der Waals surface area contributed by atoms with Crippen molar-refractivity contribution in [2.45, 2.75) is 45.1 Å². The van der Waals surface area contributed by atoms with Crippen LogP contribution in [-0.2, 0) is 11.2 Å². The van der Waals surface area contributed by atoms with Gasteiger partial charge in [0.25, 0.3) is 0 Å². The number of benzene rings is 2. The first-order valence-electron chi connectivity index (χ1n) is 9.48. The average molecular weight is 346 g/mol. The second-order valence-electron chi connectivity index (χ2n) is 7.21. The van der Waals surface area contributed by atoms with E-state index in [1.165, 1.54) is 16.7 Å². The van der Waals surface area contributed by atoms with Crippen LogP contribution in [-0.4, -0.2) is 18.4 Å². The molecular weight excluding hydrogens is 320 g/mol. The molecule has 1 aliphatic rings. The molecule has 0 bridgehead atoms. The minimum atomic E-state index is -0.254. The van der Waals surface area contributed by atoms with Crippen LogP contribution in [0.2, 0.25) is 0 Å². The van der Waals surface area contributed by atoms with Gasteiger partial charge in [-0.3, -0.25) is 4.79 Å². The van der Waals surface area contributed by atoms with Gasteiger partial charge in [-0.2, -0.15) is 5.26 Å². The molecule has 0 unspecified atom stereocenters. The molecule has 2 aromatic carbocycles. The minimum absolute atomic E-state index is 0.0527. The van der Waals surface area contributed by atoms with E-state index in [-0.39, 0.29) is 17.7 Å². The van der Waals surface area contributed by atoms with Crippen molar-refractivity contribution < 1.29 is 4.79 Å². The number of aryl methyl sites for hydroxylation is 1. The first-order valence-corrected chi connectivity index (χ1v) is 9.48. The molecule has 1 N–H and O–H groups in total. The van der Waals surface area contributed by atoms with Gasteiger partial charge < -0.3 is 5.32 Å². The lowest BCUT2D eigenvalue weighted by molar-refractivity contribution is -0.122. The minimum Gasteiger partial charge on any atom is -0.307 e. The summed E-state index contributed by atoms with van der Waals surface area (Å²) in [6.07, 6.45) is 4.11. The Kier molecular flexibility index (Phi) is 6.20. The predicted octanol–water partition coefficient (Wildman–Crippen LogP) is 4.45. The summed E-state index contributed by atoms with van der Waals surface area (Å²) in [5.41, 5.74) is 4.77. The van der Waals surface area contributed by atoms with Gasteiger partial charge in [-0.25, -0.2) is 0 Å². The second-order valence-corrected chi connectivity index (χ2v) is 7.21. The van der Waals surface area contributed by atoms with Crippen LogP contribution < -0.4 is 5.32 Å². The Labute approximate surface area is 156 Å². The van der Waals surface area contributed by atoms with Gasteiger partial charge in [-0.1, -0.05) is 55.0 Å². The molecule has 0 amide bonds. The van der Waals surface area contributed by atoms with Crippen molar-refractivity contribution in [3.05, 3.63) is 59.7 Å². The van der Waals surface area contributed by atoms with Gasteiger partial charge in [0, 0.05) is 6.42 Å². The van der Waals surface area contributed by atoms with Crippen molar-refractivity contribution in [3.8, 4) is 17.2 Å². The molecular formula is C23H26N2O. The number of nitriles is 1. The normalized spacial score (nSPS) is 18.1. The number of carbonyl (C=O) groups excluding carboxylic acids is 1. The van der Waals surface area contributed by atoms with Crippen LogP contribution in [0.5, 0.6) is 0 Å². The molecule has 0 spiro atoms.